The van der Waals surface area contributed by atoms with Crippen molar-refractivity contribution in [3.63, 3.8) is 0 Å². The normalized spacial score (nSPS) is 36.3. The summed E-state index contributed by atoms with van der Waals surface area (Å²) in [6.07, 6.45) is 3.71. The molecule has 0 amide bonds. The van der Waals surface area contributed by atoms with Crippen LogP contribution in [0.2, 0.25) is 0 Å². The zero-order chi connectivity index (χ0) is 14.7. The molecule has 5 nitrogen and oxygen atoms in total. The van der Waals surface area contributed by atoms with Gasteiger partial charge < -0.3 is 24.2 Å². The van der Waals surface area contributed by atoms with Gasteiger partial charge >= 0.3 is 0 Å². The van der Waals surface area contributed by atoms with Gasteiger partial charge in [0.05, 0.1) is 38.6 Å². The molecule has 0 bridgehead atoms. The number of aliphatic hydroxyl groups excluding tert-OH is 1. The summed E-state index contributed by atoms with van der Waals surface area (Å²) in [7, 11) is 2.10. The topological polar surface area (TPSA) is 51.2 Å². The Morgan fingerprint density at radius 2 is 1.71 bits per heavy atom. The standard InChI is InChI=1S/C16H29NO4/c1-17-9-15(10-17)21-5-4-19-2-3-20-11-13-8-16(13)12-6-14(18)7-12/h12-16,18H,2-11H2,1H3. The molecular weight excluding hydrogens is 270 g/mol. The van der Waals surface area contributed by atoms with Gasteiger partial charge in [-0.25, -0.2) is 0 Å². The minimum atomic E-state index is -0.0203. The van der Waals surface area contributed by atoms with Gasteiger partial charge in [0, 0.05) is 19.7 Å². The summed E-state index contributed by atoms with van der Waals surface area (Å²) in [5, 5.41) is 9.30. The van der Waals surface area contributed by atoms with Crippen LogP contribution in [0.25, 0.3) is 0 Å². The Kier molecular flexibility index (Phi) is 5.51. The fourth-order valence-electron chi connectivity index (χ4n) is 3.50. The highest BCUT2D eigenvalue weighted by molar-refractivity contribution is 4.96. The van der Waals surface area contributed by atoms with E-state index in [-0.39, 0.29) is 6.10 Å². The second-order valence-electron chi connectivity index (χ2n) is 6.95. The highest BCUT2D eigenvalue weighted by atomic mass is 16.5. The van der Waals surface area contributed by atoms with Crippen molar-refractivity contribution < 1.29 is 19.3 Å². The number of likely N-dealkylation sites (tertiary alicyclic amines) is 1. The fourth-order valence-corrected chi connectivity index (χ4v) is 3.50. The third-order valence-corrected chi connectivity index (χ3v) is 5.05. The zero-order valence-corrected chi connectivity index (χ0v) is 13.1. The molecule has 21 heavy (non-hydrogen) atoms. The van der Waals surface area contributed by atoms with Gasteiger partial charge in [-0.3, -0.25) is 0 Å². The van der Waals surface area contributed by atoms with Crippen LogP contribution in [0.5, 0.6) is 0 Å². The zero-order valence-electron chi connectivity index (χ0n) is 13.1. The Morgan fingerprint density at radius 1 is 1.00 bits per heavy atom. The maximum absolute atomic E-state index is 9.30. The predicted molar refractivity (Wildman–Crippen MR) is 79.2 cm³/mol. The highest BCUT2D eigenvalue weighted by Gasteiger charge is 2.47. The molecular formula is C16H29NO4. The fraction of sp³-hybridized carbons (Fsp3) is 1.00. The van der Waals surface area contributed by atoms with E-state index in [4.69, 9.17) is 14.2 Å². The molecule has 1 N–H and O–H groups in total. The monoisotopic (exact) mass is 299 g/mol. The molecule has 0 radical (unpaired) electrons. The van der Waals surface area contributed by atoms with Crippen LogP contribution in [0.1, 0.15) is 19.3 Å². The molecule has 5 heteroatoms. The van der Waals surface area contributed by atoms with E-state index in [1.54, 1.807) is 0 Å². The molecule has 1 aliphatic heterocycles. The lowest BCUT2D eigenvalue weighted by Gasteiger charge is -2.35. The van der Waals surface area contributed by atoms with E-state index in [0.717, 1.165) is 50.3 Å². The Labute approximate surface area is 127 Å². The molecule has 2 unspecified atom stereocenters. The van der Waals surface area contributed by atoms with E-state index < -0.39 is 0 Å². The van der Waals surface area contributed by atoms with Crippen LogP contribution < -0.4 is 0 Å². The number of hydrogen-bond acceptors (Lipinski definition) is 5. The van der Waals surface area contributed by atoms with E-state index in [2.05, 4.69) is 11.9 Å². The minimum Gasteiger partial charge on any atom is -0.393 e. The van der Waals surface area contributed by atoms with Crippen LogP contribution >= 0.6 is 0 Å². The summed E-state index contributed by atoms with van der Waals surface area (Å²) < 4.78 is 16.8. The van der Waals surface area contributed by atoms with Crippen molar-refractivity contribution in [2.75, 3.05) is 53.2 Å². The minimum absolute atomic E-state index is 0.0203. The first-order valence-electron chi connectivity index (χ1n) is 8.36. The molecule has 1 heterocycles. The Balaban J connectivity index is 1.07. The van der Waals surface area contributed by atoms with Crippen LogP contribution in [0.15, 0.2) is 0 Å². The number of aliphatic hydroxyl groups is 1. The first kappa shape index (κ1) is 15.7. The van der Waals surface area contributed by atoms with Gasteiger partial charge in [0.2, 0.25) is 0 Å². The van der Waals surface area contributed by atoms with E-state index in [9.17, 15) is 5.11 Å². The SMILES string of the molecule is CN1CC(OCCOCCOCC2CC2C2CC(O)C2)C1. The van der Waals surface area contributed by atoms with Gasteiger partial charge in [-0.1, -0.05) is 0 Å². The third-order valence-electron chi connectivity index (χ3n) is 5.05. The lowest BCUT2D eigenvalue weighted by atomic mass is 9.78. The summed E-state index contributed by atoms with van der Waals surface area (Å²) in [5.41, 5.74) is 0. The second-order valence-corrected chi connectivity index (χ2v) is 6.95. The van der Waals surface area contributed by atoms with E-state index >= 15 is 0 Å². The molecule has 0 spiro atoms. The van der Waals surface area contributed by atoms with Crippen molar-refractivity contribution in [1.29, 1.82) is 0 Å². The van der Waals surface area contributed by atoms with Gasteiger partial charge in [-0.15, -0.1) is 0 Å². The number of rotatable bonds is 10. The van der Waals surface area contributed by atoms with Crippen molar-refractivity contribution >= 4 is 0 Å². The van der Waals surface area contributed by atoms with Crippen LogP contribution in [0.3, 0.4) is 0 Å². The summed E-state index contributed by atoms with van der Waals surface area (Å²) in [6, 6.07) is 0. The molecule has 3 aliphatic rings. The van der Waals surface area contributed by atoms with Gasteiger partial charge in [0.1, 0.15) is 0 Å². The van der Waals surface area contributed by atoms with Crippen LogP contribution in [0.4, 0.5) is 0 Å². The highest BCUT2D eigenvalue weighted by Crippen LogP contribution is 2.51. The van der Waals surface area contributed by atoms with E-state index in [1.807, 2.05) is 0 Å². The first-order valence-corrected chi connectivity index (χ1v) is 8.36. The molecule has 0 aromatic heterocycles. The van der Waals surface area contributed by atoms with Crippen LogP contribution in [-0.4, -0.2) is 75.4 Å². The van der Waals surface area contributed by atoms with Gasteiger partial charge in [0.15, 0.2) is 0 Å². The van der Waals surface area contributed by atoms with Crippen molar-refractivity contribution in [2.45, 2.75) is 31.5 Å². The molecule has 0 aromatic rings. The Morgan fingerprint density at radius 3 is 2.43 bits per heavy atom. The number of likely N-dealkylation sites (N-methyl/N-ethyl adjacent to an activating group) is 1. The van der Waals surface area contributed by atoms with Crippen LogP contribution in [-0.2, 0) is 14.2 Å². The van der Waals surface area contributed by atoms with Crippen molar-refractivity contribution in [3.8, 4) is 0 Å². The average Bonchev–Trinajstić information content (AvgIpc) is 3.15. The number of ether oxygens (including phenoxy) is 3. The maximum Gasteiger partial charge on any atom is 0.0829 e. The van der Waals surface area contributed by atoms with Gasteiger partial charge in [-0.05, 0) is 44.1 Å². The number of hydrogen-bond donors (Lipinski definition) is 1. The van der Waals surface area contributed by atoms with E-state index in [1.165, 1.54) is 6.42 Å². The summed E-state index contributed by atoms with van der Waals surface area (Å²) >= 11 is 0. The van der Waals surface area contributed by atoms with Gasteiger partial charge in [-0.2, -0.15) is 0 Å². The summed E-state index contributed by atoms with van der Waals surface area (Å²) in [4.78, 5) is 2.24. The van der Waals surface area contributed by atoms with Crippen molar-refractivity contribution in [3.05, 3.63) is 0 Å². The summed E-state index contributed by atoms with van der Waals surface area (Å²) in [5.74, 6) is 2.33. The lowest BCUT2D eigenvalue weighted by molar-refractivity contribution is -0.0659. The van der Waals surface area contributed by atoms with Crippen molar-refractivity contribution in [2.24, 2.45) is 17.8 Å². The molecule has 122 valence electrons. The van der Waals surface area contributed by atoms with E-state index in [0.29, 0.717) is 32.5 Å². The van der Waals surface area contributed by atoms with Crippen molar-refractivity contribution in [1.82, 2.24) is 4.90 Å². The Bertz CT molecular complexity index is 315. The second kappa shape index (κ2) is 7.38. The molecule has 0 aromatic carbocycles. The first-order chi connectivity index (χ1) is 10.2. The smallest absolute Gasteiger partial charge is 0.0829 e. The lowest BCUT2D eigenvalue weighted by Crippen LogP contribution is -2.49. The molecule has 2 atom stereocenters. The largest absolute Gasteiger partial charge is 0.393 e. The molecule has 2 aliphatic carbocycles. The molecule has 3 rings (SSSR count). The predicted octanol–water partition coefficient (Wildman–Crippen LogP) is 0.757. The molecule has 2 saturated carbocycles. The quantitative estimate of drug-likeness (QED) is 0.604. The van der Waals surface area contributed by atoms with Gasteiger partial charge in [0.25, 0.3) is 0 Å². The Hall–Kier alpha value is -0.200. The molecule has 1 saturated heterocycles. The number of nitrogens with zero attached hydrogens (tertiary/aromatic N) is 1. The summed E-state index contributed by atoms with van der Waals surface area (Å²) in [6.45, 7) is 5.65. The molecule has 3 fully saturated rings. The maximum atomic E-state index is 9.30. The third kappa shape index (κ3) is 4.63. The average molecular weight is 299 g/mol. The van der Waals surface area contributed by atoms with Crippen LogP contribution in [0, 0.1) is 17.8 Å².